The molecule has 0 spiro atoms. The van der Waals surface area contributed by atoms with Crippen LogP contribution in [0, 0.1) is 5.41 Å². The van der Waals surface area contributed by atoms with E-state index in [1.54, 1.807) is 36.4 Å². The van der Waals surface area contributed by atoms with E-state index in [0.717, 1.165) is 18.4 Å². The lowest BCUT2D eigenvalue weighted by Crippen LogP contribution is -2.34. The molecule has 1 aromatic heterocycles. The predicted molar refractivity (Wildman–Crippen MR) is 153 cm³/mol. The molecule has 7 N–H and O–H groups in total. The summed E-state index contributed by atoms with van der Waals surface area (Å²) >= 11 is 0. The third-order valence-electron chi connectivity index (χ3n) is 6.29. The van der Waals surface area contributed by atoms with E-state index < -0.39 is 17.4 Å². The van der Waals surface area contributed by atoms with Crippen LogP contribution in [-0.2, 0) is 22.6 Å². The van der Waals surface area contributed by atoms with Crippen molar-refractivity contribution in [3.63, 3.8) is 0 Å². The molecule has 1 saturated carbocycles. The second kappa shape index (κ2) is 12.4. The van der Waals surface area contributed by atoms with Crippen molar-refractivity contribution in [2.75, 3.05) is 38.3 Å². The predicted octanol–water partition coefficient (Wildman–Crippen LogP) is 1.39. The lowest BCUT2D eigenvalue weighted by molar-refractivity contribution is -0.121. The highest BCUT2D eigenvalue weighted by molar-refractivity contribution is 5.95. The highest BCUT2D eigenvalue weighted by Gasteiger charge is 2.24. The Labute approximate surface area is 231 Å². The number of hydrogen-bond donors (Lipinski definition) is 5. The molecule has 12 nitrogen and oxygen atoms in total. The van der Waals surface area contributed by atoms with E-state index in [-0.39, 0.29) is 43.0 Å². The number of ether oxygens (including phenoxy) is 1. The van der Waals surface area contributed by atoms with Gasteiger partial charge in [0.1, 0.15) is 19.0 Å². The highest BCUT2D eigenvalue weighted by Crippen LogP contribution is 2.26. The van der Waals surface area contributed by atoms with Gasteiger partial charge in [-0.1, -0.05) is 24.3 Å². The average Bonchev–Trinajstić information content (AvgIpc) is 3.73. The van der Waals surface area contributed by atoms with Crippen molar-refractivity contribution in [1.29, 1.82) is 5.41 Å². The number of esters is 1. The number of nitrogen functional groups attached to an aromatic ring is 2. The number of anilines is 2. The Kier molecular flexibility index (Phi) is 8.80. The normalized spacial score (nSPS) is 12.7. The Balaban J connectivity index is 1.58. The lowest BCUT2D eigenvalue weighted by atomic mass is 10.1. The van der Waals surface area contributed by atoms with Gasteiger partial charge < -0.3 is 31.7 Å². The first kappa shape index (κ1) is 28.3. The SMILES string of the molecule is CN(C)CCOC(=O)c1cc(N)cc(-c2cnc(NC3CC3)c(=O)n2CC(=O)NCc2ccc(C(=N)N)cc2)c1. The van der Waals surface area contributed by atoms with Crippen molar-refractivity contribution >= 4 is 29.2 Å². The maximum Gasteiger partial charge on any atom is 0.338 e. The van der Waals surface area contributed by atoms with E-state index in [1.807, 2.05) is 19.0 Å². The van der Waals surface area contributed by atoms with Crippen molar-refractivity contribution < 1.29 is 14.3 Å². The number of aromatic nitrogens is 2. The van der Waals surface area contributed by atoms with Crippen LogP contribution < -0.4 is 27.7 Å². The monoisotopic (exact) mass is 546 g/mol. The van der Waals surface area contributed by atoms with E-state index >= 15 is 0 Å². The summed E-state index contributed by atoms with van der Waals surface area (Å²) in [4.78, 5) is 45.3. The number of amidine groups is 1. The molecule has 3 aromatic rings. The van der Waals surface area contributed by atoms with E-state index in [0.29, 0.717) is 29.1 Å². The summed E-state index contributed by atoms with van der Waals surface area (Å²) in [7, 11) is 3.75. The molecule has 1 fully saturated rings. The largest absolute Gasteiger partial charge is 0.461 e. The van der Waals surface area contributed by atoms with E-state index in [4.69, 9.17) is 21.6 Å². The molecule has 0 aliphatic heterocycles. The zero-order valence-corrected chi connectivity index (χ0v) is 22.6. The fourth-order valence-electron chi connectivity index (χ4n) is 3.92. The minimum absolute atomic E-state index is 0.0395. The summed E-state index contributed by atoms with van der Waals surface area (Å²) in [5.41, 5.74) is 13.9. The summed E-state index contributed by atoms with van der Waals surface area (Å²) < 4.78 is 6.68. The van der Waals surface area contributed by atoms with Gasteiger partial charge in [-0.15, -0.1) is 0 Å². The third-order valence-corrected chi connectivity index (χ3v) is 6.29. The minimum atomic E-state index is -0.544. The molecule has 1 amide bonds. The van der Waals surface area contributed by atoms with Gasteiger partial charge in [0.05, 0.1) is 17.5 Å². The number of likely N-dealkylation sites (N-methyl/N-ethyl adjacent to an activating group) is 1. The lowest BCUT2D eigenvalue weighted by Gasteiger charge is -2.16. The second-order valence-electron chi connectivity index (χ2n) is 9.97. The molecule has 0 unspecified atom stereocenters. The Morgan fingerprint density at radius 3 is 2.52 bits per heavy atom. The molecular formula is C28H34N8O4. The van der Waals surface area contributed by atoms with Gasteiger partial charge in [-0.3, -0.25) is 19.6 Å². The maximum absolute atomic E-state index is 13.4. The first-order chi connectivity index (χ1) is 19.1. The van der Waals surface area contributed by atoms with Crippen molar-refractivity contribution in [1.82, 2.24) is 19.8 Å². The van der Waals surface area contributed by atoms with E-state index in [9.17, 15) is 14.4 Å². The van der Waals surface area contributed by atoms with Gasteiger partial charge in [-0.2, -0.15) is 0 Å². The van der Waals surface area contributed by atoms with Gasteiger partial charge in [-0.05, 0) is 50.7 Å². The van der Waals surface area contributed by atoms with Gasteiger partial charge in [0.25, 0.3) is 5.56 Å². The first-order valence-corrected chi connectivity index (χ1v) is 12.9. The number of amides is 1. The fraction of sp³-hybridized carbons (Fsp3) is 0.321. The minimum Gasteiger partial charge on any atom is -0.461 e. The molecule has 40 heavy (non-hydrogen) atoms. The van der Waals surface area contributed by atoms with Crippen LogP contribution in [0.15, 0.2) is 53.5 Å². The van der Waals surface area contributed by atoms with Crippen LogP contribution in [0.5, 0.6) is 0 Å². The molecule has 1 aliphatic carbocycles. The van der Waals surface area contributed by atoms with Crippen LogP contribution in [0.1, 0.15) is 34.3 Å². The number of nitrogens with one attached hydrogen (secondary N) is 3. The molecule has 0 radical (unpaired) electrons. The molecule has 2 aromatic carbocycles. The van der Waals surface area contributed by atoms with Crippen LogP contribution in [0.3, 0.4) is 0 Å². The third kappa shape index (κ3) is 7.44. The van der Waals surface area contributed by atoms with E-state index in [2.05, 4.69) is 15.6 Å². The smallest absolute Gasteiger partial charge is 0.338 e. The van der Waals surface area contributed by atoms with Crippen molar-refractivity contribution in [3.8, 4) is 11.3 Å². The molecule has 0 atom stereocenters. The Morgan fingerprint density at radius 2 is 1.88 bits per heavy atom. The number of rotatable bonds is 12. The van der Waals surface area contributed by atoms with Crippen molar-refractivity contribution in [2.45, 2.75) is 32.0 Å². The topological polar surface area (TPSA) is 181 Å². The zero-order chi connectivity index (χ0) is 28.8. The molecule has 0 saturated heterocycles. The Hall–Kier alpha value is -4.71. The van der Waals surface area contributed by atoms with Crippen LogP contribution in [0.25, 0.3) is 11.3 Å². The molecular weight excluding hydrogens is 512 g/mol. The van der Waals surface area contributed by atoms with Gasteiger partial charge >= 0.3 is 5.97 Å². The quantitative estimate of drug-likeness (QED) is 0.0970. The van der Waals surface area contributed by atoms with Crippen LogP contribution >= 0.6 is 0 Å². The number of carbonyl (C=O) groups is 2. The zero-order valence-electron chi connectivity index (χ0n) is 22.6. The summed E-state index contributed by atoms with van der Waals surface area (Å²) in [5.74, 6) is -0.819. The van der Waals surface area contributed by atoms with Crippen molar-refractivity contribution in [2.24, 2.45) is 5.73 Å². The van der Waals surface area contributed by atoms with Crippen LogP contribution in [0.4, 0.5) is 11.5 Å². The maximum atomic E-state index is 13.4. The molecule has 12 heteroatoms. The summed E-state index contributed by atoms with van der Waals surface area (Å²) in [6.07, 6.45) is 3.39. The first-order valence-electron chi connectivity index (χ1n) is 12.9. The average molecular weight is 547 g/mol. The molecule has 1 heterocycles. The van der Waals surface area contributed by atoms with Gasteiger partial charge in [-0.25, -0.2) is 9.78 Å². The fourth-order valence-corrected chi connectivity index (χ4v) is 3.92. The van der Waals surface area contributed by atoms with E-state index in [1.165, 1.54) is 16.8 Å². The molecule has 0 bridgehead atoms. The number of hydrogen-bond acceptors (Lipinski definition) is 9. The summed E-state index contributed by atoms with van der Waals surface area (Å²) in [5, 5.41) is 13.4. The molecule has 4 rings (SSSR count). The Bertz CT molecular complexity index is 1460. The summed E-state index contributed by atoms with van der Waals surface area (Å²) in [6.45, 7) is 0.719. The highest BCUT2D eigenvalue weighted by atomic mass is 16.5. The van der Waals surface area contributed by atoms with Gasteiger partial charge in [0.2, 0.25) is 5.91 Å². The van der Waals surface area contributed by atoms with Gasteiger partial charge in [0, 0.05) is 35.9 Å². The molecule has 1 aliphatic rings. The number of nitrogens with zero attached hydrogens (tertiary/aromatic N) is 3. The van der Waals surface area contributed by atoms with Crippen LogP contribution in [0.2, 0.25) is 0 Å². The molecule has 210 valence electrons. The second-order valence-corrected chi connectivity index (χ2v) is 9.97. The number of nitrogens with two attached hydrogens (primary N) is 2. The Morgan fingerprint density at radius 1 is 1.15 bits per heavy atom. The standard InChI is InChI=1S/C28H34N8O4/c1-35(2)9-10-40-28(39)20-11-19(12-21(29)13-20)23-15-33-26(34-22-7-8-22)27(38)36(23)16-24(37)32-14-17-3-5-18(6-4-17)25(30)31/h3-6,11-13,15,22H,7-10,14,16,29H2,1-2H3,(H3,30,31)(H,32,37)(H,33,34). The van der Waals surface area contributed by atoms with Gasteiger partial charge in [0.15, 0.2) is 5.82 Å². The van der Waals surface area contributed by atoms with Crippen LogP contribution in [-0.4, -0.2) is 65.5 Å². The number of benzene rings is 2. The van der Waals surface area contributed by atoms with Crippen molar-refractivity contribution in [3.05, 3.63) is 75.7 Å². The number of carbonyl (C=O) groups excluding carboxylic acids is 2. The summed E-state index contributed by atoms with van der Waals surface area (Å²) in [6, 6.07) is 11.8.